The number of ether oxygens (including phenoxy) is 1. The summed E-state index contributed by atoms with van der Waals surface area (Å²) in [6.45, 7) is 2.07. The number of unbranched alkanes of at least 4 members (excludes halogenated alkanes) is 1. The molecule has 15 heavy (non-hydrogen) atoms. The predicted octanol–water partition coefficient (Wildman–Crippen LogP) is 2.06. The Bertz CT molecular complexity index is 320. The largest absolute Gasteiger partial charge is 0.427 e. The molecule has 0 fully saturated rings. The minimum absolute atomic E-state index is 0.123. The van der Waals surface area contributed by atoms with Crippen LogP contribution in [0.3, 0.4) is 0 Å². The maximum Gasteiger partial charge on any atom is 0.311 e. The van der Waals surface area contributed by atoms with Crippen molar-refractivity contribution in [2.75, 3.05) is 6.61 Å². The molecule has 0 spiro atoms. The van der Waals surface area contributed by atoms with Crippen molar-refractivity contribution in [3.8, 4) is 5.75 Å². The number of rotatable bonds is 5. The fraction of sp³-hybridized carbons (Fsp3) is 0.417. The maximum atomic E-state index is 11.3. The minimum Gasteiger partial charge on any atom is -0.427 e. The van der Waals surface area contributed by atoms with Gasteiger partial charge in [0.15, 0.2) is 0 Å². The second-order valence-corrected chi connectivity index (χ2v) is 3.47. The van der Waals surface area contributed by atoms with Gasteiger partial charge in [-0.2, -0.15) is 0 Å². The molecule has 0 saturated heterocycles. The highest BCUT2D eigenvalue weighted by Gasteiger charge is 2.03. The number of carbonyl (C=O) groups is 1. The lowest BCUT2D eigenvalue weighted by Crippen LogP contribution is -2.07. The molecule has 82 valence electrons. The van der Waals surface area contributed by atoms with Crippen LogP contribution in [0.1, 0.15) is 24.8 Å². The molecule has 3 nitrogen and oxygen atoms in total. The number of esters is 1. The van der Waals surface area contributed by atoms with Crippen LogP contribution in [-0.4, -0.2) is 17.7 Å². The Morgan fingerprint density at radius 1 is 1.40 bits per heavy atom. The van der Waals surface area contributed by atoms with E-state index in [1.54, 1.807) is 6.07 Å². The van der Waals surface area contributed by atoms with Crippen molar-refractivity contribution in [2.45, 2.75) is 26.2 Å². The van der Waals surface area contributed by atoms with Gasteiger partial charge in [-0.3, -0.25) is 4.79 Å². The van der Waals surface area contributed by atoms with Crippen LogP contribution in [-0.2, 0) is 4.79 Å². The highest BCUT2D eigenvalue weighted by atomic mass is 16.5. The predicted molar refractivity (Wildman–Crippen MR) is 57.8 cm³/mol. The fourth-order valence-corrected chi connectivity index (χ4v) is 1.24. The molecule has 0 radical (unpaired) electrons. The van der Waals surface area contributed by atoms with E-state index in [1.807, 2.05) is 25.1 Å². The third-order valence-electron chi connectivity index (χ3n) is 2.01. The molecule has 1 aromatic carbocycles. The van der Waals surface area contributed by atoms with Gasteiger partial charge in [0.25, 0.3) is 0 Å². The van der Waals surface area contributed by atoms with E-state index in [2.05, 4.69) is 0 Å². The molecule has 1 rings (SSSR count). The van der Waals surface area contributed by atoms with Gasteiger partial charge in [0.05, 0.1) is 0 Å². The van der Waals surface area contributed by atoms with E-state index in [0.717, 1.165) is 5.56 Å². The van der Waals surface area contributed by atoms with E-state index in [9.17, 15) is 4.79 Å². The van der Waals surface area contributed by atoms with E-state index in [1.165, 1.54) is 0 Å². The summed E-state index contributed by atoms with van der Waals surface area (Å²) in [5.74, 6) is 0.345. The van der Waals surface area contributed by atoms with E-state index in [4.69, 9.17) is 9.84 Å². The molecular formula is C12H16O3. The molecule has 0 unspecified atom stereocenters. The Labute approximate surface area is 89.7 Å². The summed E-state index contributed by atoms with van der Waals surface area (Å²) in [5, 5.41) is 8.55. The smallest absolute Gasteiger partial charge is 0.311 e. The van der Waals surface area contributed by atoms with Gasteiger partial charge in [-0.25, -0.2) is 0 Å². The molecule has 0 heterocycles. The molecule has 0 amide bonds. The molecule has 3 heteroatoms. The van der Waals surface area contributed by atoms with E-state index >= 15 is 0 Å². The van der Waals surface area contributed by atoms with Gasteiger partial charge in [-0.05, 0) is 37.5 Å². The van der Waals surface area contributed by atoms with Crippen molar-refractivity contribution in [3.05, 3.63) is 29.8 Å². The van der Waals surface area contributed by atoms with Crippen LogP contribution >= 0.6 is 0 Å². The molecule has 0 aromatic heterocycles. The summed E-state index contributed by atoms with van der Waals surface area (Å²) in [7, 11) is 0. The highest BCUT2D eigenvalue weighted by molar-refractivity contribution is 5.72. The van der Waals surface area contributed by atoms with E-state index < -0.39 is 0 Å². The van der Waals surface area contributed by atoms with Gasteiger partial charge < -0.3 is 9.84 Å². The Hall–Kier alpha value is -1.35. The van der Waals surface area contributed by atoms with Crippen molar-refractivity contribution < 1.29 is 14.6 Å². The van der Waals surface area contributed by atoms with Crippen LogP contribution < -0.4 is 4.74 Å². The number of aryl methyl sites for hydroxylation is 1. The number of benzene rings is 1. The van der Waals surface area contributed by atoms with Gasteiger partial charge >= 0.3 is 5.97 Å². The lowest BCUT2D eigenvalue weighted by molar-refractivity contribution is -0.134. The van der Waals surface area contributed by atoms with Gasteiger partial charge in [0.1, 0.15) is 5.75 Å². The van der Waals surface area contributed by atoms with Crippen molar-refractivity contribution in [2.24, 2.45) is 0 Å². The van der Waals surface area contributed by atoms with Gasteiger partial charge in [-0.15, -0.1) is 0 Å². The molecule has 1 N–H and O–H groups in total. The highest BCUT2D eigenvalue weighted by Crippen LogP contribution is 2.13. The van der Waals surface area contributed by atoms with Crippen molar-refractivity contribution in [3.63, 3.8) is 0 Å². The van der Waals surface area contributed by atoms with Gasteiger partial charge in [0, 0.05) is 13.0 Å². The molecule has 0 bridgehead atoms. The normalized spacial score (nSPS) is 10.0. The standard InChI is InChI=1S/C12H16O3/c1-10-5-4-6-11(9-10)15-12(14)7-2-3-8-13/h4-6,9,13H,2-3,7-8H2,1H3. The summed E-state index contributed by atoms with van der Waals surface area (Å²) < 4.78 is 5.12. The van der Waals surface area contributed by atoms with Crippen LogP contribution in [0.15, 0.2) is 24.3 Å². The lowest BCUT2D eigenvalue weighted by Gasteiger charge is -2.04. The molecule has 0 aliphatic rings. The number of carbonyl (C=O) groups excluding carboxylic acids is 1. The Morgan fingerprint density at radius 3 is 2.87 bits per heavy atom. The fourth-order valence-electron chi connectivity index (χ4n) is 1.24. The number of aliphatic hydroxyl groups excluding tert-OH is 1. The van der Waals surface area contributed by atoms with Crippen LogP contribution in [0.25, 0.3) is 0 Å². The SMILES string of the molecule is Cc1cccc(OC(=O)CCCCO)c1. The van der Waals surface area contributed by atoms with Crippen LogP contribution in [0.5, 0.6) is 5.75 Å². The number of hydrogen-bond acceptors (Lipinski definition) is 3. The molecule has 0 aliphatic carbocycles. The average molecular weight is 208 g/mol. The Balaban J connectivity index is 2.37. The van der Waals surface area contributed by atoms with Gasteiger partial charge in [0.2, 0.25) is 0 Å². The Kier molecular flexibility index (Phi) is 4.84. The topological polar surface area (TPSA) is 46.5 Å². The zero-order valence-electron chi connectivity index (χ0n) is 8.90. The summed E-state index contributed by atoms with van der Waals surface area (Å²) in [6.07, 6.45) is 1.67. The first kappa shape index (κ1) is 11.7. The van der Waals surface area contributed by atoms with Crippen molar-refractivity contribution in [1.29, 1.82) is 0 Å². The maximum absolute atomic E-state index is 11.3. The molecule has 0 aliphatic heterocycles. The average Bonchev–Trinajstić information content (AvgIpc) is 2.18. The summed E-state index contributed by atoms with van der Waals surface area (Å²) >= 11 is 0. The Morgan fingerprint density at radius 2 is 2.20 bits per heavy atom. The van der Waals surface area contributed by atoms with E-state index in [-0.39, 0.29) is 12.6 Å². The van der Waals surface area contributed by atoms with Crippen molar-refractivity contribution >= 4 is 5.97 Å². The third kappa shape index (κ3) is 4.61. The van der Waals surface area contributed by atoms with Crippen LogP contribution in [0.4, 0.5) is 0 Å². The van der Waals surface area contributed by atoms with Gasteiger partial charge in [-0.1, -0.05) is 12.1 Å². The van der Waals surface area contributed by atoms with Crippen LogP contribution in [0, 0.1) is 6.92 Å². The summed E-state index contributed by atoms with van der Waals surface area (Å²) in [5.41, 5.74) is 1.07. The third-order valence-corrected chi connectivity index (χ3v) is 2.01. The van der Waals surface area contributed by atoms with Crippen LogP contribution in [0.2, 0.25) is 0 Å². The van der Waals surface area contributed by atoms with E-state index in [0.29, 0.717) is 25.0 Å². The lowest BCUT2D eigenvalue weighted by atomic mass is 10.2. The molecule has 0 saturated carbocycles. The first-order valence-corrected chi connectivity index (χ1v) is 5.10. The summed E-state index contributed by atoms with van der Waals surface area (Å²) in [6, 6.07) is 7.38. The molecule has 0 atom stereocenters. The number of hydrogen-bond donors (Lipinski definition) is 1. The quantitative estimate of drug-likeness (QED) is 0.457. The first-order chi connectivity index (χ1) is 7.22. The molecule has 1 aromatic rings. The monoisotopic (exact) mass is 208 g/mol. The second-order valence-electron chi connectivity index (χ2n) is 3.47. The minimum atomic E-state index is -0.242. The molecular weight excluding hydrogens is 192 g/mol. The first-order valence-electron chi connectivity index (χ1n) is 5.10. The zero-order chi connectivity index (χ0) is 11.1. The summed E-state index contributed by atoms with van der Waals surface area (Å²) in [4.78, 5) is 11.3. The zero-order valence-corrected chi connectivity index (χ0v) is 8.90. The van der Waals surface area contributed by atoms with Crippen molar-refractivity contribution in [1.82, 2.24) is 0 Å². The number of aliphatic hydroxyl groups is 1. The second kappa shape index (κ2) is 6.19.